The molecule has 0 aliphatic heterocycles. The molecule has 76 valence electrons. The monoisotopic (exact) mass is 202 g/mol. The fraction of sp³-hybridized carbons (Fsp3) is 0. The van der Waals surface area contributed by atoms with Crippen LogP contribution in [0.15, 0.2) is 35.1 Å². The predicted octanol–water partition coefficient (Wildman–Crippen LogP) is -0.172. The first kappa shape index (κ1) is 9.33. The number of aliphatic hydroxyl groups is 1. The first-order valence-electron chi connectivity index (χ1n) is 4.49. The number of aromatic nitrogens is 2. The molecule has 0 saturated carbocycles. The second-order valence-corrected chi connectivity index (χ2v) is 3.09. The number of aromatic amines is 2. The molecule has 0 unspecified atom stereocenters. The molecule has 0 atom stereocenters. The molecule has 0 spiro atoms. The zero-order valence-electron chi connectivity index (χ0n) is 7.90. The van der Waals surface area contributed by atoms with Gasteiger partial charge in [0, 0.05) is 0 Å². The molecule has 0 bridgehead atoms. The van der Waals surface area contributed by atoms with Gasteiger partial charge in [0.2, 0.25) is 0 Å². The van der Waals surface area contributed by atoms with Crippen molar-refractivity contribution < 1.29 is 5.11 Å². The van der Waals surface area contributed by atoms with Crippen molar-refractivity contribution in [1.82, 2.24) is 10.2 Å². The number of H-pyrrole nitrogens is 2. The molecule has 0 aliphatic carbocycles. The average Bonchev–Trinajstić information content (AvgIpc) is 2.62. The predicted molar refractivity (Wildman–Crippen MR) is 57.8 cm³/mol. The van der Waals surface area contributed by atoms with Crippen LogP contribution in [0.1, 0.15) is 5.56 Å². The van der Waals surface area contributed by atoms with Crippen molar-refractivity contribution in [2.75, 3.05) is 0 Å². The molecule has 0 radical (unpaired) electrons. The second kappa shape index (κ2) is 3.88. The van der Waals surface area contributed by atoms with E-state index in [4.69, 9.17) is 5.11 Å². The van der Waals surface area contributed by atoms with Gasteiger partial charge in [-0.3, -0.25) is 15.0 Å². The Morgan fingerprint density at radius 2 is 1.87 bits per heavy atom. The van der Waals surface area contributed by atoms with E-state index in [-0.39, 0.29) is 5.56 Å². The van der Waals surface area contributed by atoms with Crippen LogP contribution >= 0.6 is 0 Å². The Hall–Kier alpha value is -2.23. The number of rotatable bonds is 1. The summed E-state index contributed by atoms with van der Waals surface area (Å²) in [6.07, 6.45) is 2.57. The molecule has 4 heteroatoms. The van der Waals surface area contributed by atoms with Gasteiger partial charge in [-0.1, -0.05) is 30.3 Å². The lowest BCUT2D eigenvalue weighted by atomic mass is 10.2. The van der Waals surface area contributed by atoms with Crippen LogP contribution in [-0.2, 0) is 0 Å². The minimum Gasteiger partial charge on any atom is -0.513 e. The van der Waals surface area contributed by atoms with E-state index in [9.17, 15) is 4.79 Å². The van der Waals surface area contributed by atoms with Gasteiger partial charge >= 0.3 is 0 Å². The molecular weight excluding hydrogens is 192 g/mol. The van der Waals surface area contributed by atoms with E-state index in [1.165, 1.54) is 0 Å². The quantitative estimate of drug-likeness (QED) is 0.601. The average molecular weight is 202 g/mol. The molecule has 0 saturated heterocycles. The van der Waals surface area contributed by atoms with Crippen LogP contribution in [0.3, 0.4) is 0 Å². The van der Waals surface area contributed by atoms with Crippen LogP contribution in [-0.4, -0.2) is 15.3 Å². The number of nitrogens with one attached hydrogen (secondary N) is 2. The standard InChI is InChI=1S/C11H10N2O2/c14-7-10-9(11(15)13-12-10)6-8-4-2-1-3-5-8/h1-7,12,14H,(H,13,15). The summed E-state index contributed by atoms with van der Waals surface area (Å²) in [6.45, 7) is 0. The van der Waals surface area contributed by atoms with Crippen molar-refractivity contribution in [3.63, 3.8) is 0 Å². The number of aliphatic hydroxyl groups excluding tert-OH is 1. The Kier molecular flexibility index (Phi) is 2.41. The highest BCUT2D eigenvalue weighted by molar-refractivity contribution is 5.48. The highest BCUT2D eigenvalue weighted by Crippen LogP contribution is 1.96. The topological polar surface area (TPSA) is 68.9 Å². The summed E-state index contributed by atoms with van der Waals surface area (Å²) >= 11 is 0. The van der Waals surface area contributed by atoms with Gasteiger partial charge in [0.15, 0.2) is 0 Å². The van der Waals surface area contributed by atoms with E-state index in [1.54, 1.807) is 6.08 Å². The number of hydrogen-bond acceptors (Lipinski definition) is 2. The molecular formula is C11H10N2O2. The van der Waals surface area contributed by atoms with E-state index in [0.29, 0.717) is 10.6 Å². The molecule has 1 aromatic heterocycles. The first-order valence-corrected chi connectivity index (χ1v) is 4.49. The zero-order valence-corrected chi connectivity index (χ0v) is 7.90. The summed E-state index contributed by atoms with van der Waals surface area (Å²) in [5.41, 5.74) is 0.657. The van der Waals surface area contributed by atoms with Crippen LogP contribution in [0.5, 0.6) is 0 Å². The third-order valence-corrected chi connectivity index (χ3v) is 2.09. The summed E-state index contributed by atoms with van der Waals surface area (Å²) in [6, 6.07) is 9.43. The Labute approximate surface area is 85.2 Å². The minimum atomic E-state index is -0.251. The Bertz CT molecular complexity index is 608. The lowest BCUT2D eigenvalue weighted by Gasteiger charge is -1.88. The summed E-state index contributed by atoms with van der Waals surface area (Å²) < 4.78 is 0. The summed E-state index contributed by atoms with van der Waals surface area (Å²) in [4.78, 5) is 11.4. The van der Waals surface area contributed by atoms with E-state index in [2.05, 4.69) is 10.2 Å². The molecule has 1 heterocycles. The lowest BCUT2D eigenvalue weighted by Crippen LogP contribution is -2.33. The molecule has 0 aliphatic rings. The molecule has 2 rings (SSSR count). The number of benzene rings is 1. The van der Waals surface area contributed by atoms with Crippen LogP contribution in [0.2, 0.25) is 0 Å². The van der Waals surface area contributed by atoms with Crippen molar-refractivity contribution in [3.8, 4) is 0 Å². The Morgan fingerprint density at radius 1 is 1.13 bits per heavy atom. The SMILES string of the molecule is O=c1[nH][nH]c(=CO)c1=Cc1ccccc1. The van der Waals surface area contributed by atoms with Gasteiger partial charge < -0.3 is 5.11 Å². The smallest absolute Gasteiger partial charge is 0.271 e. The summed E-state index contributed by atoms with van der Waals surface area (Å²) in [5, 5.41) is 14.6. The van der Waals surface area contributed by atoms with Crippen molar-refractivity contribution in [2.45, 2.75) is 0 Å². The van der Waals surface area contributed by atoms with Gasteiger partial charge in [-0.05, 0) is 11.6 Å². The van der Waals surface area contributed by atoms with Crippen molar-refractivity contribution in [1.29, 1.82) is 0 Å². The van der Waals surface area contributed by atoms with E-state index < -0.39 is 0 Å². The third-order valence-electron chi connectivity index (χ3n) is 2.09. The Morgan fingerprint density at radius 3 is 2.53 bits per heavy atom. The van der Waals surface area contributed by atoms with E-state index >= 15 is 0 Å². The maximum absolute atomic E-state index is 11.4. The highest BCUT2D eigenvalue weighted by atomic mass is 16.2. The fourth-order valence-corrected chi connectivity index (χ4v) is 1.34. The van der Waals surface area contributed by atoms with E-state index in [1.807, 2.05) is 30.3 Å². The van der Waals surface area contributed by atoms with Gasteiger partial charge in [0.1, 0.15) is 11.6 Å². The fourth-order valence-electron chi connectivity index (χ4n) is 1.34. The van der Waals surface area contributed by atoms with Crippen molar-refractivity contribution >= 4 is 12.3 Å². The molecule has 3 N–H and O–H groups in total. The molecule has 0 fully saturated rings. The van der Waals surface area contributed by atoms with Crippen LogP contribution < -0.4 is 16.1 Å². The maximum atomic E-state index is 11.4. The van der Waals surface area contributed by atoms with Crippen LogP contribution in [0.4, 0.5) is 0 Å². The lowest BCUT2D eigenvalue weighted by molar-refractivity contribution is 0.537. The second-order valence-electron chi connectivity index (χ2n) is 3.09. The third kappa shape index (κ3) is 1.83. The number of hydrogen-bond donors (Lipinski definition) is 3. The molecule has 15 heavy (non-hydrogen) atoms. The molecule has 4 nitrogen and oxygen atoms in total. The van der Waals surface area contributed by atoms with Gasteiger partial charge in [-0.2, -0.15) is 0 Å². The molecule has 1 aromatic carbocycles. The van der Waals surface area contributed by atoms with Gasteiger partial charge in [-0.15, -0.1) is 0 Å². The van der Waals surface area contributed by atoms with Crippen molar-refractivity contribution in [3.05, 3.63) is 56.8 Å². The molecule has 2 aromatic rings. The zero-order chi connectivity index (χ0) is 10.7. The highest BCUT2D eigenvalue weighted by Gasteiger charge is 1.94. The van der Waals surface area contributed by atoms with Gasteiger partial charge in [-0.25, -0.2) is 0 Å². The normalized spacial score (nSPS) is 13.3. The van der Waals surface area contributed by atoms with E-state index in [0.717, 1.165) is 11.8 Å². The summed E-state index contributed by atoms with van der Waals surface area (Å²) in [7, 11) is 0. The van der Waals surface area contributed by atoms with Gasteiger partial charge in [0.05, 0.1) is 5.22 Å². The minimum absolute atomic E-state index is 0.251. The summed E-state index contributed by atoms with van der Waals surface area (Å²) in [5.74, 6) is 0. The maximum Gasteiger partial charge on any atom is 0.271 e. The van der Waals surface area contributed by atoms with Crippen LogP contribution in [0.25, 0.3) is 12.3 Å². The van der Waals surface area contributed by atoms with Gasteiger partial charge in [0.25, 0.3) is 5.56 Å². The largest absolute Gasteiger partial charge is 0.513 e. The first-order chi connectivity index (χ1) is 7.31. The Balaban J connectivity index is 2.70. The molecule has 0 amide bonds. The van der Waals surface area contributed by atoms with Crippen molar-refractivity contribution in [2.24, 2.45) is 0 Å². The van der Waals surface area contributed by atoms with Crippen LogP contribution in [0, 0.1) is 0 Å².